The molecule has 1 aromatic rings. The van der Waals surface area contributed by atoms with Crippen molar-refractivity contribution in [3.8, 4) is 0 Å². The topological polar surface area (TPSA) is 42.0 Å². The Balaban J connectivity index is 2.80. The van der Waals surface area contributed by atoms with Crippen molar-refractivity contribution < 1.29 is 4.79 Å². The SMILES string of the molecule is CC(C)(CCl)C(=O)Nc1cnccc1Cl. The van der Waals surface area contributed by atoms with Crippen molar-refractivity contribution in [3.05, 3.63) is 23.5 Å². The van der Waals surface area contributed by atoms with Gasteiger partial charge in [-0.1, -0.05) is 11.6 Å². The van der Waals surface area contributed by atoms with Crippen molar-refractivity contribution in [2.75, 3.05) is 11.2 Å². The molecule has 15 heavy (non-hydrogen) atoms. The zero-order valence-corrected chi connectivity index (χ0v) is 10.1. The number of rotatable bonds is 3. The number of anilines is 1. The molecule has 5 heteroatoms. The van der Waals surface area contributed by atoms with E-state index in [9.17, 15) is 4.79 Å². The van der Waals surface area contributed by atoms with Gasteiger partial charge in [-0.05, 0) is 19.9 Å². The van der Waals surface area contributed by atoms with Crippen LogP contribution in [0.4, 0.5) is 5.69 Å². The smallest absolute Gasteiger partial charge is 0.231 e. The molecule has 0 aromatic carbocycles. The van der Waals surface area contributed by atoms with E-state index in [1.807, 2.05) is 0 Å². The standard InChI is InChI=1S/C10H12Cl2N2O/c1-10(2,6-11)9(15)14-8-5-13-4-3-7(8)12/h3-5H,6H2,1-2H3,(H,14,15). The first-order valence-corrected chi connectivity index (χ1v) is 5.35. The van der Waals surface area contributed by atoms with E-state index < -0.39 is 5.41 Å². The summed E-state index contributed by atoms with van der Waals surface area (Å²) in [6, 6.07) is 1.62. The van der Waals surface area contributed by atoms with Crippen molar-refractivity contribution in [3.63, 3.8) is 0 Å². The number of halogens is 2. The van der Waals surface area contributed by atoms with Gasteiger partial charge in [-0.3, -0.25) is 9.78 Å². The maximum absolute atomic E-state index is 11.7. The lowest BCUT2D eigenvalue weighted by Crippen LogP contribution is -2.32. The molecule has 1 amide bonds. The maximum atomic E-state index is 11.7. The second kappa shape index (κ2) is 4.81. The first kappa shape index (κ1) is 12.3. The van der Waals surface area contributed by atoms with E-state index in [0.29, 0.717) is 10.7 Å². The lowest BCUT2D eigenvalue weighted by atomic mass is 9.95. The summed E-state index contributed by atoms with van der Waals surface area (Å²) in [6.45, 7) is 3.53. The lowest BCUT2D eigenvalue weighted by Gasteiger charge is -2.20. The molecule has 0 saturated carbocycles. The number of nitrogens with one attached hydrogen (secondary N) is 1. The van der Waals surface area contributed by atoms with Crippen LogP contribution >= 0.6 is 23.2 Å². The highest BCUT2D eigenvalue weighted by atomic mass is 35.5. The quantitative estimate of drug-likeness (QED) is 0.834. The van der Waals surface area contributed by atoms with Crippen molar-refractivity contribution in [2.45, 2.75) is 13.8 Å². The molecule has 1 heterocycles. The van der Waals surface area contributed by atoms with Crippen LogP contribution in [0.3, 0.4) is 0 Å². The molecule has 3 nitrogen and oxygen atoms in total. The van der Waals surface area contributed by atoms with Gasteiger partial charge in [0.15, 0.2) is 0 Å². The summed E-state index contributed by atoms with van der Waals surface area (Å²) in [6.07, 6.45) is 3.06. The van der Waals surface area contributed by atoms with Crippen molar-refractivity contribution in [2.24, 2.45) is 5.41 Å². The molecular weight excluding hydrogens is 235 g/mol. The minimum atomic E-state index is -0.624. The summed E-state index contributed by atoms with van der Waals surface area (Å²) in [5.74, 6) is 0.0730. The van der Waals surface area contributed by atoms with E-state index in [1.165, 1.54) is 6.20 Å². The Morgan fingerprint density at radius 2 is 2.27 bits per heavy atom. The Morgan fingerprint density at radius 1 is 1.60 bits per heavy atom. The number of nitrogens with zero attached hydrogens (tertiary/aromatic N) is 1. The molecule has 0 fully saturated rings. The van der Waals surface area contributed by atoms with Gasteiger partial charge in [0, 0.05) is 12.1 Å². The summed E-state index contributed by atoms with van der Waals surface area (Å²) in [5.41, 5.74) is -0.122. The number of carbonyl (C=O) groups excluding carboxylic acids is 1. The van der Waals surface area contributed by atoms with Crippen LogP contribution < -0.4 is 5.32 Å². The van der Waals surface area contributed by atoms with E-state index in [4.69, 9.17) is 23.2 Å². The highest BCUT2D eigenvalue weighted by Crippen LogP contribution is 2.24. The fourth-order valence-corrected chi connectivity index (χ4v) is 1.10. The van der Waals surface area contributed by atoms with Crippen molar-refractivity contribution >= 4 is 34.8 Å². The number of alkyl halides is 1. The fourth-order valence-electron chi connectivity index (χ4n) is 0.822. The van der Waals surface area contributed by atoms with Gasteiger partial charge in [0.05, 0.1) is 22.3 Å². The monoisotopic (exact) mass is 246 g/mol. The van der Waals surface area contributed by atoms with Gasteiger partial charge in [0.2, 0.25) is 5.91 Å². The van der Waals surface area contributed by atoms with Crippen LogP contribution in [-0.2, 0) is 4.79 Å². The van der Waals surface area contributed by atoms with Gasteiger partial charge in [-0.2, -0.15) is 0 Å². The summed E-state index contributed by atoms with van der Waals surface area (Å²) >= 11 is 11.6. The predicted molar refractivity (Wildman–Crippen MR) is 62.4 cm³/mol. The lowest BCUT2D eigenvalue weighted by molar-refractivity contribution is -0.122. The van der Waals surface area contributed by atoms with Crippen LogP contribution in [0.15, 0.2) is 18.5 Å². The third kappa shape index (κ3) is 3.08. The van der Waals surface area contributed by atoms with Crippen LogP contribution in [0, 0.1) is 5.41 Å². The average molecular weight is 247 g/mol. The van der Waals surface area contributed by atoms with E-state index in [2.05, 4.69) is 10.3 Å². The average Bonchev–Trinajstić information content (AvgIpc) is 2.21. The van der Waals surface area contributed by atoms with Gasteiger partial charge in [0.1, 0.15) is 0 Å². The molecular formula is C10H12Cl2N2O. The molecule has 1 aromatic heterocycles. The number of hydrogen-bond donors (Lipinski definition) is 1. The van der Waals surface area contributed by atoms with Crippen LogP contribution in [0.2, 0.25) is 5.02 Å². The van der Waals surface area contributed by atoms with E-state index >= 15 is 0 Å². The normalized spacial score (nSPS) is 11.2. The Morgan fingerprint density at radius 3 is 2.80 bits per heavy atom. The fraction of sp³-hybridized carbons (Fsp3) is 0.400. The van der Waals surface area contributed by atoms with Gasteiger partial charge < -0.3 is 5.32 Å². The molecule has 0 saturated heterocycles. The van der Waals surface area contributed by atoms with E-state index in [0.717, 1.165) is 0 Å². The highest BCUT2D eigenvalue weighted by molar-refractivity contribution is 6.33. The van der Waals surface area contributed by atoms with Gasteiger partial charge in [-0.15, -0.1) is 11.6 Å². The molecule has 0 aliphatic rings. The van der Waals surface area contributed by atoms with Gasteiger partial charge in [0.25, 0.3) is 0 Å². The molecule has 0 aliphatic carbocycles. The number of pyridine rings is 1. The van der Waals surface area contributed by atoms with Crippen LogP contribution in [0.5, 0.6) is 0 Å². The van der Waals surface area contributed by atoms with E-state index in [-0.39, 0.29) is 11.8 Å². The largest absolute Gasteiger partial charge is 0.323 e. The number of carbonyl (C=O) groups is 1. The molecule has 82 valence electrons. The third-order valence-corrected chi connectivity index (χ3v) is 2.96. The third-order valence-electron chi connectivity index (χ3n) is 1.96. The van der Waals surface area contributed by atoms with Gasteiger partial charge >= 0.3 is 0 Å². The van der Waals surface area contributed by atoms with Crippen LogP contribution in [0.1, 0.15) is 13.8 Å². The molecule has 1 rings (SSSR count). The highest BCUT2D eigenvalue weighted by Gasteiger charge is 2.26. The molecule has 0 bridgehead atoms. The Bertz CT molecular complexity index is 366. The first-order chi connectivity index (χ1) is 6.97. The second-order valence-corrected chi connectivity index (χ2v) is 4.50. The number of amides is 1. The second-order valence-electron chi connectivity index (χ2n) is 3.83. The summed E-state index contributed by atoms with van der Waals surface area (Å²) in [7, 11) is 0. The Kier molecular flexibility index (Phi) is 3.94. The van der Waals surface area contributed by atoms with Crippen LogP contribution in [0.25, 0.3) is 0 Å². The van der Waals surface area contributed by atoms with Crippen molar-refractivity contribution in [1.82, 2.24) is 4.98 Å². The molecule has 0 atom stereocenters. The predicted octanol–water partition coefficient (Wildman–Crippen LogP) is 2.94. The molecule has 1 N–H and O–H groups in total. The van der Waals surface area contributed by atoms with Gasteiger partial charge in [-0.25, -0.2) is 0 Å². The van der Waals surface area contributed by atoms with Crippen molar-refractivity contribution in [1.29, 1.82) is 0 Å². The Hall–Kier alpha value is -0.800. The minimum Gasteiger partial charge on any atom is -0.323 e. The maximum Gasteiger partial charge on any atom is 0.231 e. The zero-order valence-electron chi connectivity index (χ0n) is 8.55. The molecule has 0 aliphatic heterocycles. The first-order valence-electron chi connectivity index (χ1n) is 4.44. The number of hydrogen-bond acceptors (Lipinski definition) is 2. The minimum absolute atomic E-state index is 0.174. The summed E-state index contributed by atoms with van der Waals surface area (Å²) in [5, 5.41) is 3.15. The Labute approximate surface area is 98.8 Å². The van der Waals surface area contributed by atoms with Crippen LogP contribution in [-0.4, -0.2) is 16.8 Å². The molecule has 0 spiro atoms. The zero-order chi connectivity index (χ0) is 11.5. The molecule has 0 radical (unpaired) electrons. The number of aromatic nitrogens is 1. The summed E-state index contributed by atoms with van der Waals surface area (Å²) in [4.78, 5) is 15.6. The summed E-state index contributed by atoms with van der Waals surface area (Å²) < 4.78 is 0. The molecule has 0 unspecified atom stereocenters. The van der Waals surface area contributed by atoms with E-state index in [1.54, 1.807) is 26.1 Å².